The molecule has 1 aromatic rings. The van der Waals surface area contributed by atoms with E-state index in [4.69, 9.17) is 0 Å². The molecular weight excluding hydrogens is 232 g/mol. The first kappa shape index (κ1) is 10.1. The zero-order valence-corrected chi connectivity index (χ0v) is 10.6. The van der Waals surface area contributed by atoms with Crippen LogP contribution in [-0.2, 0) is 6.42 Å². The molecule has 90 valence electrons. The molecule has 0 N–H and O–H groups in total. The van der Waals surface area contributed by atoms with Gasteiger partial charge < -0.3 is 4.90 Å². The number of carbonyl (C=O) groups excluding carboxylic acids is 1. The lowest BCUT2D eigenvalue weighted by molar-refractivity contribution is 0.0968. The number of carbonyl (C=O) groups is 1. The lowest BCUT2D eigenvalue weighted by Crippen LogP contribution is -2.31. The second-order valence-corrected chi connectivity index (χ2v) is 6.59. The maximum absolute atomic E-state index is 11.8. The van der Waals surface area contributed by atoms with Gasteiger partial charge in [-0.05, 0) is 38.0 Å². The minimum Gasteiger partial charge on any atom is -0.345 e. The number of fused-ring (bicyclic) bond motifs is 3. The Labute approximate surface area is 105 Å². The summed E-state index contributed by atoms with van der Waals surface area (Å²) in [6.45, 7) is 1.17. The summed E-state index contributed by atoms with van der Waals surface area (Å²) in [5, 5.41) is 1.12. The third kappa shape index (κ3) is 1.46. The van der Waals surface area contributed by atoms with Crippen LogP contribution in [0.2, 0.25) is 0 Å². The normalized spacial score (nSPS) is 31.1. The summed E-state index contributed by atoms with van der Waals surface area (Å²) in [7, 11) is 0. The van der Waals surface area contributed by atoms with Crippen molar-refractivity contribution >= 4 is 22.3 Å². The first-order valence-corrected chi connectivity index (χ1v) is 7.42. The van der Waals surface area contributed by atoms with Gasteiger partial charge >= 0.3 is 0 Å². The van der Waals surface area contributed by atoms with Crippen LogP contribution in [0.5, 0.6) is 0 Å². The fourth-order valence-electron chi connectivity index (χ4n) is 3.54. The molecule has 17 heavy (non-hydrogen) atoms. The summed E-state index contributed by atoms with van der Waals surface area (Å²) < 4.78 is 0. The van der Waals surface area contributed by atoms with Crippen LogP contribution in [0.15, 0.2) is 0 Å². The lowest BCUT2D eigenvalue weighted by Gasteiger charge is -2.26. The van der Waals surface area contributed by atoms with Gasteiger partial charge in [-0.2, -0.15) is 0 Å². The Kier molecular flexibility index (Phi) is 2.10. The van der Waals surface area contributed by atoms with E-state index >= 15 is 0 Å². The number of rotatable bonds is 1. The Morgan fingerprint density at radius 2 is 2.24 bits per heavy atom. The molecule has 0 spiro atoms. The van der Waals surface area contributed by atoms with E-state index in [1.807, 2.05) is 0 Å². The Bertz CT molecular complexity index is 482. The molecule has 4 heteroatoms. The summed E-state index contributed by atoms with van der Waals surface area (Å²) in [6.07, 6.45) is 6.83. The monoisotopic (exact) mass is 248 g/mol. The second-order valence-electron chi connectivity index (χ2n) is 5.53. The SMILES string of the molecule is O=C1CCCc2sc(N3CC4CCC3C4)nc21. The largest absolute Gasteiger partial charge is 0.345 e. The molecule has 1 aliphatic heterocycles. The molecule has 2 bridgehead atoms. The third-order valence-electron chi connectivity index (χ3n) is 4.41. The van der Waals surface area contributed by atoms with E-state index in [9.17, 15) is 4.79 Å². The summed E-state index contributed by atoms with van der Waals surface area (Å²) in [6, 6.07) is 0.711. The van der Waals surface area contributed by atoms with Gasteiger partial charge in [0, 0.05) is 23.9 Å². The maximum atomic E-state index is 11.8. The number of anilines is 1. The molecule has 1 aromatic heterocycles. The lowest BCUT2D eigenvalue weighted by atomic mass is 10.0. The fourth-order valence-corrected chi connectivity index (χ4v) is 4.74. The highest BCUT2D eigenvalue weighted by Gasteiger charge is 2.39. The van der Waals surface area contributed by atoms with Crippen LogP contribution in [0, 0.1) is 5.92 Å². The van der Waals surface area contributed by atoms with Crippen LogP contribution in [0.1, 0.15) is 47.5 Å². The summed E-state index contributed by atoms with van der Waals surface area (Å²) >= 11 is 1.77. The van der Waals surface area contributed by atoms with Crippen molar-refractivity contribution in [2.45, 2.75) is 44.6 Å². The van der Waals surface area contributed by atoms with E-state index in [0.717, 1.165) is 29.6 Å². The Hall–Kier alpha value is -0.900. The van der Waals surface area contributed by atoms with Gasteiger partial charge in [0.15, 0.2) is 10.9 Å². The maximum Gasteiger partial charge on any atom is 0.186 e. The highest BCUT2D eigenvalue weighted by Crippen LogP contribution is 2.42. The molecule has 2 fully saturated rings. The number of piperidine rings is 1. The first-order chi connectivity index (χ1) is 8.31. The van der Waals surface area contributed by atoms with Crippen molar-refractivity contribution in [1.29, 1.82) is 0 Å². The quantitative estimate of drug-likeness (QED) is 0.766. The number of thiazole rings is 1. The van der Waals surface area contributed by atoms with Gasteiger partial charge in [-0.3, -0.25) is 4.79 Å². The van der Waals surface area contributed by atoms with E-state index in [0.29, 0.717) is 12.5 Å². The van der Waals surface area contributed by atoms with Crippen molar-refractivity contribution < 1.29 is 4.79 Å². The highest BCUT2D eigenvalue weighted by atomic mass is 32.1. The molecule has 3 aliphatic rings. The zero-order chi connectivity index (χ0) is 11.4. The van der Waals surface area contributed by atoms with Gasteiger partial charge in [-0.1, -0.05) is 0 Å². The average Bonchev–Trinajstić information content (AvgIpc) is 3.03. The van der Waals surface area contributed by atoms with Gasteiger partial charge in [0.25, 0.3) is 0 Å². The zero-order valence-electron chi connectivity index (χ0n) is 9.82. The molecule has 0 aromatic carbocycles. The molecular formula is C13H16N2OS. The molecule has 0 amide bonds. The van der Waals surface area contributed by atoms with Crippen molar-refractivity contribution in [3.8, 4) is 0 Å². The number of hydrogen-bond donors (Lipinski definition) is 0. The van der Waals surface area contributed by atoms with Gasteiger partial charge in [0.05, 0.1) is 0 Å². The fraction of sp³-hybridized carbons (Fsp3) is 0.692. The predicted molar refractivity (Wildman–Crippen MR) is 67.9 cm³/mol. The van der Waals surface area contributed by atoms with Crippen molar-refractivity contribution in [3.63, 3.8) is 0 Å². The minimum atomic E-state index is 0.262. The van der Waals surface area contributed by atoms with E-state index < -0.39 is 0 Å². The van der Waals surface area contributed by atoms with E-state index in [1.165, 1.54) is 30.7 Å². The number of hydrogen-bond acceptors (Lipinski definition) is 4. The molecule has 0 radical (unpaired) electrons. The molecule has 4 rings (SSSR count). The predicted octanol–water partition coefficient (Wildman–Crippen LogP) is 2.65. The van der Waals surface area contributed by atoms with Gasteiger partial charge in [0.2, 0.25) is 0 Å². The molecule has 3 nitrogen and oxygen atoms in total. The molecule has 2 unspecified atom stereocenters. The number of aryl methyl sites for hydroxylation is 1. The van der Waals surface area contributed by atoms with Crippen molar-refractivity contribution in [1.82, 2.24) is 4.98 Å². The summed E-state index contributed by atoms with van der Waals surface area (Å²) in [4.78, 5) is 20.1. The summed E-state index contributed by atoms with van der Waals surface area (Å²) in [5.41, 5.74) is 0.791. The van der Waals surface area contributed by atoms with E-state index in [1.54, 1.807) is 11.3 Å². The molecule has 1 saturated carbocycles. The Morgan fingerprint density at radius 1 is 1.29 bits per heavy atom. The standard InChI is InChI=1S/C13H16N2OS/c16-10-2-1-3-11-12(10)14-13(17-11)15-7-8-4-5-9(15)6-8/h8-9H,1-7H2. The van der Waals surface area contributed by atoms with Crippen molar-refractivity contribution in [2.75, 3.05) is 11.4 Å². The minimum absolute atomic E-state index is 0.262. The van der Waals surface area contributed by atoms with E-state index in [2.05, 4.69) is 9.88 Å². The van der Waals surface area contributed by atoms with Gasteiger partial charge in [0.1, 0.15) is 5.69 Å². The van der Waals surface area contributed by atoms with Crippen LogP contribution >= 0.6 is 11.3 Å². The summed E-state index contributed by atoms with van der Waals surface area (Å²) in [5.74, 6) is 1.15. The highest BCUT2D eigenvalue weighted by molar-refractivity contribution is 7.16. The van der Waals surface area contributed by atoms with Gasteiger partial charge in [-0.25, -0.2) is 4.98 Å². The average molecular weight is 248 g/mol. The third-order valence-corrected chi connectivity index (χ3v) is 5.57. The topological polar surface area (TPSA) is 33.2 Å². The molecule has 2 heterocycles. The number of aromatic nitrogens is 1. The van der Waals surface area contributed by atoms with Crippen molar-refractivity contribution in [2.24, 2.45) is 5.92 Å². The van der Waals surface area contributed by atoms with Crippen LogP contribution in [0.25, 0.3) is 0 Å². The first-order valence-electron chi connectivity index (χ1n) is 6.61. The number of ketones is 1. The van der Waals surface area contributed by atoms with Crippen LogP contribution in [0.3, 0.4) is 0 Å². The smallest absolute Gasteiger partial charge is 0.186 e. The Morgan fingerprint density at radius 3 is 2.94 bits per heavy atom. The molecule has 1 saturated heterocycles. The van der Waals surface area contributed by atoms with Gasteiger partial charge in [-0.15, -0.1) is 11.3 Å². The molecule has 2 atom stereocenters. The number of Topliss-reactive ketones (excluding diaryl/α,β-unsaturated/α-hetero) is 1. The van der Waals surface area contributed by atoms with Crippen LogP contribution < -0.4 is 4.90 Å². The number of nitrogens with zero attached hydrogens (tertiary/aromatic N) is 2. The second kappa shape index (κ2) is 3.55. The van der Waals surface area contributed by atoms with Crippen LogP contribution in [-0.4, -0.2) is 23.4 Å². The Balaban J connectivity index is 1.69. The van der Waals surface area contributed by atoms with Crippen LogP contribution in [0.4, 0.5) is 5.13 Å². The van der Waals surface area contributed by atoms with Crippen molar-refractivity contribution in [3.05, 3.63) is 10.6 Å². The molecule has 2 aliphatic carbocycles. The van der Waals surface area contributed by atoms with E-state index in [-0.39, 0.29) is 5.78 Å².